The van der Waals surface area contributed by atoms with Crippen LogP contribution in [0, 0.1) is 5.41 Å². The van der Waals surface area contributed by atoms with Gasteiger partial charge in [0.05, 0.1) is 13.2 Å². The summed E-state index contributed by atoms with van der Waals surface area (Å²) in [5.74, 6) is 0.496. The normalized spacial score (nSPS) is 21.2. The minimum absolute atomic E-state index is 0.112. The number of ether oxygens (including phenoxy) is 1. The Hall–Kier alpha value is -1.39. The predicted molar refractivity (Wildman–Crippen MR) is 102 cm³/mol. The van der Waals surface area contributed by atoms with Crippen LogP contribution >= 0.6 is 0 Å². The Kier molecular flexibility index (Phi) is 6.49. The number of para-hydroxylation sites is 1. The molecule has 0 amide bonds. The molecule has 0 N–H and O–H groups in total. The first-order valence-electron chi connectivity index (χ1n) is 9.87. The van der Waals surface area contributed by atoms with Crippen LogP contribution in [0.4, 0.5) is 5.69 Å². The van der Waals surface area contributed by atoms with Crippen molar-refractivity contribution in [3.05, 3.63) is 30.3 Å². The third kappa shape index (κ3) is 4.62. The molecule has 4 heteroatoms. The minimum Gasteiger partial charge on any atom is -0.379 e. The molecule has 2 fully saturated rings. The molecule has 0 aromatic heterocycles. The van der Waals surface area contributed by atoms with Gasteiger partial charge in [-0.15, -0.1) is 0 Å². The monoisotopic (exact) mass is 344 g/mol. The van der Waals surface area contributed by atoms with Gasteiger partial charge in [0.2, 0.25) is 0 Å². The lowest BCUT2D eigenvalue weighted by molar-refractivity contribution is -0.131. The van der Waals surface area contributed by atoms with Gasteiger partial charge in [0.25, 0.3) is 0 Å². The van der Waals surface area contributed by atoms with E-state index in [0.717, 1.165) is 78.0 Å². The largest absolute Gasteiger partial charge is 0.379 e. The Bertz CT molecular complexity index is 532. The standard InChI is InChI=1S/C21H32N2O2/c1-2-6-20(24)21(9-12-22-15-17-25-18-16-22)10-13-23(14-11-21)19-7-4-3-5-8-19/h3-5,7-8H,2,6,9-18H2,1H3. The van der Waals surface area contributed by atoms with Crippen molar-refractivity contribution in [3.8, 4) is 0 Å². The summed E-state index contributed by atoms with van der Waals surface area (Å²) >= 11 is 0. The van der Waals surface area contributed by atoms with Crippen molar-refractivity contribution in [1.82, 2.24) is 4.90 Å². The summed E-state index contributed by atoms with van der Waals surface area (Å²) in [5.41, 5.74) is 1.17. The summed E-state index contributed by atoms with van der Waals surface area (Å²) in [6.45, 7) is 8.81. The Labute approximate surface area is 152 Å². The van der Waals surface area contributed by atoms with Gasteiger partial charge in [0.1, 0.15) is 5.78 Å². The SMILES string of the molecule is CCCC(=O)C1(CCN2CCOCC2)CCN(c2ccccc2)CC1. The average Bonchev–Trinajstić information content (AvgIpc) is 2.68. The summed E-state index contributed by atoms with van der Waals surface area (Å²) in [6, 6.07) is 10.6. The first kappa shape index (κ1) is 18.4. The fourth-order valence-corrected chi connectivity index (χ4v) is 4.19. The van der Waals surface area contributed by atoms with Crippen LogP contribution in [0.25, 0.3) is 0 Å². The molecule has 3 rings (SSSR count). The van der Waals surface area contributed by atoms with Crippen molar-refractivity contribution in [2.24, 2.45) is 5.41 Å². The number of morpholine rings is 1. The van der Waals surface area contributed by atoms with Gasteiger partial charge in [-0.25, -0.2) is 0 Å². The van der Waals surface area contributed by atoms with Crippen LogP contribution in [0.15, 0.2) is 30.3 Å². The van der Waals surface area contributed by atoms with Gasteiger partial charge >= 0.3 is 0 Å². The van der Waals surface area contributed by atoms with Crippen LogP contribution in [0.1, 0.15) is 39.0 Å². The maximum Gasteiger partial charge on any atom is 0.139 e. The number of hydrogen-bond donors (Lipinski definition) is 0. The summed E-state index contributed by atoms with van der Waals surface area (Å²) in [4.78, 5) is 17.9. The number of benzene rings is 1. The van der Waals surface area contributed by atoms with Gasteiger partial charge in [-0.3, -0.25) is 9.69 Å². The van der Waals surface area contributed by atoms with Gasteiger partial charge in [-0.05, 0) is 44.4 Å². The van der Waals surface area contributed by atoms with Gasteiger partial charge in [-0.1, -0.05) is 25.1 Å². The molecule has 138 valence electrons. The van der Waals surface area contributed by atoms with E-state index in [1.165, 1.54) is 5.69 Å². The highest BCUT2D eigenvalue weighted by Crippen LogP contribution is 2.39. The maximum absolute atomic E-state index is 13.0. The molecule has 0 spiro atoms. The second-order valence-corrected chi connectivity index (χ2v) is 7.48. The smallest absolute Gasteiger partial charge is 0.139 e. The zero-order valence-electron chi connectivity index (χ0n) is 15.6. The van der Waals surface area contributed by atoms with Crippen LogP contribution in [0.2, 0.25) is 0 Å². The van der Waals surface area contributed by atoms with E-state index in [0.29, 0.717) is 5.78 Å². The molecule has 0 aliphatic carbocycles. The fraction of sp³-hybridized carbons (Fsp3) is 0.667. The molecule has 0 bridgehead atoms. The van der Waals surface area contributed by atoms with E-state index >= 15 is 0 Å². The molecule has 1 aromatic carbocycles. The summed E-state index contributed by atoms with van der Waals surface area (Å²) in [6.07, 6.45) is 4.68. The van der Waals surface area contributed by atoms with Crippen molar-refractivity contribution in [3.63, 3.8) is 0 Å². The van der Waals surface area contributed by atoms with Crippen LogP contribution in [0.5, 0.6) is 0 Å². The van der Waals surface area contributed by atoms with Crippen molar-refractivity contribution in [1.29, 1.82) is 0 Å². The molecule has 25 heavy (non-hydrogen) atoms. The molecule has 2 saturated heterocycles. The number of hydrogen-bond acceptors (Lipinski definition) is 4. The van der Waals surface area contributed by atoms with Gasteiger partial charge < -0.3 is 9.64 Å². The molecule has 0 saturated carbocycles. The lowest BCUT2D eigenvalue weighted by atomic mass is 9.71. The van der Waals surface area contributed by atoms with E-state index in [-0.39, 0.29) is 5.41 Å². The molecular weight excluding hydrogens is 312 g/mol. The number of carbonyl (C=O) groups is 1. The van der Waals surface area contributed by atoms with Crippen LogP contribution in [0.3, 0.4) is 0 Å². The molecule has 0 atom stereocenters. The fourth-order valence-electron chi connectivity index (χ4n) is 4.19. The first-order valence-corrected chi connectivity index (χ1v) is 9.87. The number of carbonyl (C=O) groups excluding carboxylic acids is 1. The van der Waals surface area contributed by atoms with E-state index in [2.05, 4.69) is 47.1 Å². The maximum atomic E-state index is 13.0. The van der Waals surface area contributed by atoms with Crippen molar-refractivity contribution >= 4 is 11.5 Å². The number of nitrogens with zero attached hydrogens (tertiary/aromatic N) is 2. The van der Waals surface area contributed by atoms with Crippen LogP contribution in [-0.2, 0) is 9.53 Å². The Morgan fingerprint density at radius 2 is 1.76 bits per heavy atom. The molecule has 2 aliphatic rings. The first-order chi connectivity index (χ1) is 12.2. The molecule has 0 radical (unpaired) electrons. The summed E-state index contributed by atoms with van der Waals surface area (Å²) < 4.78 is 5.45. The number of rotatable bonds is 7. The van der Waals surface area contributed by atoms with Crippen molar-refractivity contribution < 1.29 is 9.53 Å². The zero-order chi connectivity index (χ0) is 17.5. The molecule has 0 unspecified atom stereocenters. The Morgan fingerprint density at radius 3 is 2.40 bits per heavy atom. The molecule has 2 aliphatic heterocycles. The van der Waals surface area contributed by atoms with Gasteiger partial charge in [0.15, 0.2) is 0 Å². The van der Waals surface area contributed by atoms with Crippen LogP contribution in [-0.4, -0.2) is 56.6 Å². The highest BCUT2D eigenvalue weighted by Gasteiger charge is 2.40. The summed E-state index contributed by atoms with van der Waals surface area (Å²) in [5, 5.41) is 0. The van der Waals surface area contributed by atoms with Crippen molar-refractivity contribution in [2.45, 2.75) is 39.0 Å². The summed E-state index contributed by atoms with van der Waals surface area (Å²) in [7, 11) is 0. The van der Waals surface area contributed by atoms with E-state index in [1.54, 1.807) is 0 Å². The Morgan fingerprint density at radius 1 is 1.08 bits per heavy atom. The lowest BCUT2D eigenvalue weighted by Gasteiger charge is -2.43. The number of Topliss-reactive ketones (excluding diaryl/α,β-unsaturated/α-hetero) is 1. The quantitative estimate of drug-likeness (QED) is 0.759. The predicted octanol–water partition coefficient (Wildman–Crippen LogP) is 3.36. The zero-order valence-corrected chi connectivity index (χ0v) is 15.6. The highest BCUT2D eigenvalue weighted by molar-refractivity contribution is 5.85. The lowest BCUT2D eigenvalue weighted by Crippen LogP contribution is -2.47. The third-order valence-electron chi connectivity index (χ3n) is 5.92. The molecule has 2 heterocycles. The van der Waals surface area contributed by atoms with E-state index in [1.807, 2.05) is 0 Å². The topological polar surface area (TPSA) is 32.8 Å². The van der Waals surface area contributed by atoms with E-state index < -0.39 is 0 Å². The second-order valence-electron chi connectivity index (χ2n) is 7.48. The van der Waals surface area contributed by atoms with Gasteiger partial charge in [0, 0.05) is 43.7 Å². The molecule has 1 aromatic rings. The highest BCUT2D eigenvalue weighted by atomic mass is 16.5. The minimum atomic E-state index is -0.112. The number of ketones is 1. The van der Waals surface area contributed by atoms with E-state index in [9.17, 15) is 4.79 Å². The third-order valence-corrected chi connectivity index (χ3v) is 5.92. The Balaban J connectivity index is 1.63. The number of piperidine rings is 1. The van der Waals surface area contributed by atoms with Crippen molar-refractivity contribution in [2.75, 3.05) is 50.8 Å². The van der Waals surface area contributed by atoms with Gasteiger partial charge in [-0.2, -0.15) is 0 Å². The average molecular weight is 344 g/mol. The number of anilines is 1. The second kappa shape index (κ2) is 8.81. The molecule has 4 nitrogen and oxygen atoms in total. The van der Waals surface area contributed by atoms with Crippen LogP contribution < -0.4 is 4.90 Å². The van der Waals surface area contributed by atoms with E-state index in [4.69, 9.17) is 4.74 Å². The molecular formula is C21H32N2O2.